The lowest BCUT2D eigenvalue weighted by Crippen LogP contribution is -2.47. The maximum absolute atomic E-state index is 13.0. The fourth-order valence-electron chi connectivity index (χ4n) is 5.29. The Labute approximate surface area is 308 Å². The van der Waals surface area contributed by atoms with Crippen LogP contribution in [-0.2, 0) is 30.3 Å². The first-order valence-corrected chi connectivity index (χ1v) is 19.9. The fraction of sp³-hybridized carbons (Fsp3) is 0.758. The second-order valence-electron chi connectivity index (χ2n) is 14.2. The molecular weight excluding hydrogens is 701 g/mol. The van der Waals surface area contributed by atoms with Gasteiger partial charge >= 0.3 is 6.09 Å². The molecule has 4 amide bonds. The molecule has 6 N–H and O–H groups in total. The van der Waals surface area contributed by atoms with Gasteiger partial charge in [-0.1, -0.05) is 37.0 Å². The summed E-state index contributed by atoms with van der Waals surface area (Å²) in [6, 6.07) is -1.38. The third-order valence-electron chi connectivity index (χ3n) is 7.90. The van der Waals surface area contributed by atoms with Crippen LogP contribution >= 0.6 is 34.9 Å². The largest absolute Gasteiger partial charge is 0.444 e. The van der Waals surface area contributed by atoms with Gasteiger partial charge in [-0.05, 0) is 102 Å². The molecule has 2 atom stereocenters. The minimum atomic E-state index is -0.813. The molecule has 2 aliphatic rings. The van der Waals surface area contributed by atoms with E-state index < -0.39 is 29.7 Å². The number of alkyl carbamates (subject to hydrolysis) is 1. The highest BCUT2D eigenvalue weighted by Crippen LogP contribution is 2.30. The summed E-state index contributed by atoms with van der Waals surface area (Å²) in [5.41, 5.74) is 5.35. The van der Waals surface area contributed by atoms with E-state index >= 15 is 0 Å². The second kappa shape index (κ2) is 21.6. The Hall–Kier alpha value is -2.76. The van der Waals surface area contributed by atoms with Crippen LogP contribution in [0.25, 0.3) is 0 Å². The van der Waals surface area contributed by atoms with E-state index in [-0.39, 0.29) is 33.6 Å². The number of amides is 4. The predicted octanol–water partition coefficient (Wildman–Crippen LogP) is 5.51. The number of nitrogens with two attached hydrogens (primary N) is 1. The van der Waals surface area contributed by atoms with Crippen molar-refractivity contribution in [1.29, 1.82) is 5.41 Å². The monoisotopic (exact) mass is 756 g/mol. The molecule has 2 aliphatic carbocycles. The highest BCUT2D eigenvalue weighted by atomic mass is 32.2. The van der Waals surface area contributed by atoms with Gasteiger partial charge in [0, 0.05) is 20.0 Å². The molecule has 1 heterocycles. The number of nitrogens with one attached hydrogen (secondary N) is 4. The standard InChI is InChI=1S/C28H44N8O5S3.C5H12O/c1-28(2,3)41-27(40)32-22(18-10-6-7-11-18)24(39)33-25(30)43-19(29)12-14-42-15-13-20-35-36-26(44-20)34-23(38)21(31-16-37)17-8-4-5-9-17;1-5(2,3)6-4/h16-18,21-22,29H,4-15H2,1-3H3,(H,31,37)(H,32,40)(H2,30,33,39)(H,34,36,38);1-4H3. The summed E-state index contributed by atoms with van der Waals surface area (Å²) in [6.07, 6.45) is 8.56. The zero-order chi connectivity index (χ0) is 37.3. The van der Waals surface area contributed by atoms with Gasteiger partial charge in [0.1, 0.15) is 22.7 Å². The van der Waals surface area contributed by atoms with Crippen LogP contribution in [0, 0.1) is 17.2 Å². The molecule has 0 aliphatic heterocycles. The minimum absolute atomic E-state index is 0.0267. The first kappa shape index (κ1) is 43.4. The highest BCUT2D eigenvalue weighted by Gasteiger charge is 2.34. The predicted molar refractivity (Wildman–Crippen MR) is 203 cm³/mol. The number of anilines is 1. The zero-order valence-electron chi connectivity index (χ0n) is 30.5. The molecular formula is C33H56N8O6S3. The molecule has 14 nitrogen and oxygen atoms in total. The van der Waals surface area contributed by atoms with Crippen LogP contribution in [0.15, 0.2) is 4.99 Å². The number of amidine groups is 1. The van der Waals surface area contributed by atoms with E-state index in [0.29, 0.717) is 30.1 Å². The van der Waals surface area contributed by atoms with Crippen molar-refractivity contribution in [3.63, 3.8) is 0 Å². The van der Waals surface area contributed by atoms with Crippen molar-refractivity contribution in [3.8, 4) is 0 Å². The summed E-state index contributed by atoms with van der Waals surface area (Å²) in [5, 5.41) is 26.0. The van der Waals surface area contributed by atoms with E-state index in [0.717, 1.165) is 73.9 Å². The zero-order valence-corrected chi connectivity index (χ0v) is 32.9. The SMILES string of the molecule is CC(C)(C)OC(=O)NC(C(=O)N=C(N)SC(=N)CCSCCc1nnc(NC(=O)C(NC=O)C2CCCC2)s1)C1CCCC1.COC(C)(C)C. The lowest BCUT2D eigenvalue weighted by molar-refractivity contribution is -0.122. The summed E-state index contributed by atoms with van der Waals surface area (Å²) in [4.78, 5) is 53.0. The van der Waals surface area contributed by atoms with Gasteiger partial charge in [-0.15, -0.1) is 10.2 Å². The average molecular weight is 757 g/mol. The fourth-order valence-corrected chi connectivity index (χ4v) is 7.77. The molecule has 0 spiro atoms. The number of aliphatic imine (C=N–C) groups is 1. The number of hydrogen-bond donors (Lipinski definition) is 5. The Balaban J connectivity index is 0.00000132. The molecule has 2 saturated carbocycles. The third kappa shape index (κ3) is 17.4. The molecule has 0 aromatic carbocycles. The van der Waals surface area contributed by atoms with Crippen LogP contribution in [0.3, 0.4) is 0 Å². The molecule has 2 fully saturated rings. The van der Waals surface area contributed by atoms with Gasteiger partial charge in [0.25, 0.3) is 5.91 Å². The normalized spacial score (nSPS) is 16.9. The number of ether oxygens (including phenoxy) is 2. The number of methoxy groups -OCH3 is 1. The lowest BCUT2D eigenvalue weighted by atomic mass is 9.97. The molecule has 3 rings (SSSR count). The Morgan fingerprint density at radius 2 is 1.58 bits per heavy atom. The number of aryl methyl sites for hydroxylation is 1. The van der Waals surface area contributed by atoms with E-state index in [9.17, 15) is 19.2 Å². The van der Waals surface area contributed by atoms with Gasteiger partial charge < -0.3 is 25.8 Å². The van der Waals surface area contributed by atoms with E-state index in [1.165, 1.54) is 11.3 Å². The Morgan fingerprint density at radius 1 is 1.00 bits per heavy atom. The second-order valence-corrected chi connectivity index (χ2v) is 17.6. The molecule has 0 saturated heterocycles. The number of hydrogen-bond acceptors (Lipinski definition) is 12. The van der Waals surface area contributed by atoms with Crippen LogP contribution < -0.4 is 21.7 Å². The first-order valence-electron chi connectivity index (χ1n) is 17.1. The number of aromatic nitrogens is 2. The van der Waals surface area contributed by atoms with E-state index in [4.69, 9.17) is 20.6 Å². The molecule has 0 radical (unpaired) electrons. The topological polar surface area (TPSA) is 211 Å². The number of rotatable bonds is 14. The molecule has 1 aromatic rings. The van der Waals surface area contributed by atoms with Gasteiger partial charge in [0.05, 0.1) is 10.6 Å². The minimum Gasteiger partial charge on any atom is -0.444 e. The summed E-state index contributed by atoms with van der Waals surface area (Å²) in [7, 11) is 1.71. The first-order chi connectivity index (χ1) is 23.5. The van der Waals surface area contributed by atoms with E-state index in [2.05, 4.69) is 31.1 Å². The van der Waals surface area contributed by atoms with Crippen LogP contribution in [0.2, 0.25) is 0 Å². The van der Waals surface area contributed by atoms with Gasteiger partial charge in [-0.3, -0.25) is 25.1 Å². The van der Waals surface area contributed by atoms with Crippen molar-refractivity contribution >= 4 is 74.5 Å². The summed E-state index contributed by atoms with van der Waals surface area (Å²) in [6.45, 7) is 11.3. The smallest absolute Gasteiger partial charge is 0.408 e. The maximum atomic E-state index is 13.0. The quantitative estimate of drug-likeness (QED) is 0.0691. The van der Waals surface area contributed by atoms with Crippen molar-refractivity contribution < 1.29 is 28.7 Å². The Morgan fingerprint density at radius 3 is 2.12 bits per heavy atom. The van der Waals surface area contributed by atoms with Gasteiger partial charge in [-0.25, -0.2) is 4.79 Å². The lowest BCUT2D eigenvalue weighted by Gasteiger charge is -2.25. The average Bonchev–Trinajstić information content (AvgIpc) is 3.81. The maximum Gasteiger partial charge on any atom is 0.408 e. The van der Waals surface area contributed by atoms with Crippen molar-refractivity contribution in [2.24, 2.45) is 22.6 Å². The number of thioether (sulfide) groups is 2. The van der Waals surface area contributed by atoms with Gasteiger partial charge in [0.15, 0.2) is 5.17 Å². The van der Waals surface area contributed by atoms with Crippen LogP contribution in [0.1, 0.15) is 104 Å². The van der Waals surface area contributed by atoms with Crippen molar-refractivity contribution in [2.45, 2.75) is 129 Å². The van der Waals surface area contributed by atoms with Crippen molar-refractivity contribution in [2.75, 3.05) is 23.9 Å². The van der Waals surface area contributed by atoms with Gasteiger partial charge in [-0.2, -0.15) is 16.8 Å². The molecule has 2 unspecified atom stereocenters. The van der Waals surface area contributed by atoms with Gasteiger partial charge in [0.2, 0.25) is 17.4 Å². The van der Waals surface area contributed by atoms with Crippen LogP contribution in [-0.4, -0.2) is 86.6 Å². The molecule has 17 heteroatoms. The van der Waals surface area contributed by atoms with E-state index in [1.807, 2.05) is 20.8 Å². The number of carbonyl (C=O) groups is 4. The Kier molecular flexibility index (Phi) is 18.7. The van der Waals surface area contributed by atoms with Crippen LogP contribution in [0.4, 0.5) is 9.93 Å². The van der Waals surface area contributed by atoms with E-state index in [1.54, 1.807) is 39.6 Å². The third-order valence-corrected chi connectivity index (χ3v) is 10.5. The number of carbonyl (C=O) groups excluding carboxylic acids is 4. The molecule has 282 valence electrons. The Bertz CT molecular complexity index is 1280. The highest BCUT2D eigenvalue weighted by molar-refractivity contribution is 8.26. The number of nitrogens with zero attached hydrogens (tertiary/aromatic N) is 3. The summed E-state index contributed by atoms with van der Waals surface area (Å²) >= 11 is 3.89. The summed E-state index contributed by atoms with van der Waals surface area (Å²) in [5.74, 6) is 0.728. The summed E-state index contributed by atoms with van der Waals surface area (Å²) < 4.78 is 10.3. The van der Waals surface area contributed by atoms with Crippen molar-refractivity contribution in [3.05, 3.63) is 5.01 Å². The molecule has 0 bridgehead atoms. The molecule has 1 aromatic heterocycles. The van der Waals surface area contributed by atoms with Crippen molar-refractivity contribution in [1.82, 2.24) is 20.8 Å². The molecule has 50 heavy (non-hydrogen) atoms. The van der Waals surface area contributed by atoms with Crippen LogP contribution in [0.5, 0.6) is 0 Å².